The van der Waals surface area contributed by atoms with Crippen molar-refractivity contribution in [3.05, 3.63) is 89.7 Å². The summed E-state index contributed by atoms with van der Waals surface area (Å²) < 4.78 is 25.9. The van der Waals surface area contributed by atoms with Gasteiger partial charge in [0.05, 0.1) is 0 Å². The maximum atomic E-state index is 13.3. The summed E-state index contributed by atoms with van der Waals surface area (Å²) in [5.41, 5.74) is 6.96. The Bertz CT molecular complexity index is 1080. The topological polar surface area (TPSA) is 71.6 Å². The molecule has 146 valence electrons. The van der Waals surface area contributed by atoms with Crippen molar-refractivity contribution in [1.82, 2.24) is 9.88 Å². The number of nitrogens with two attached hydrogens (primary N) is 1. The minimum atomic E-state index is -2.70. The number of amides is 1. The Morgan fingerprint density at radius 3 is 2.28 bits per heavy atom. The van der Waals surface area contributed by atoms with Gasteiger partial charge in [0.1, 0.15) is 5.69 Å². The van der Waals surface area contributed by atoms with Crippen LogP contribution in [0.2, 0.25) is 0 Å². The second kappa shape index (κ2) is 7.09. The van der Waals surface area contributed by atoms with Crippen molar-refractivity contribution < 1.29 is 13.6 Å². The highest BCUT2D eigenvalue weighted by Crippen LogP contribution is 2.40. The first-order chi connectivity index (χ1) is 13.9. The van der Waals surface area contributed by atoms with Crippen molar-refractivity contribution in [2.24, 2.45) is 10.7 Å². The van der Waals surface area contributed by atoms with Gasteiger partial charge in [-0.2, -0.15) is 0 Å². The molecule has 1 aliphatic heterocycles. The van der Waals surface area contributed by atoms with Crippen LogP contribution in [0.1, 0.15) is 23.2 Å². The number of guanidine groups is 1. The number of aliphatic imine (C=N–C) groups is 1. The fourth-order valence-electron chi connectivity index (χ4n) is 3.49. The van der Waals surface area contributed by atoms with Gasteiger partial charge < -0.3 is 5.73 Å². The molecule has 1 aromatic heterocycles. The van der Waals surface area contributed by atoms with Gasteiger partial charge >= 0.3 is 0 Å². The Kier molecular flexibility index (Phi) is 4.58. The molecule has 0 saturated heterocycles. The zero-order chi connectivity index (χ0) is 20.6. The molecule has 0 spiro atoms. The van der Waals surface area contributed by atoms with E-state index in [1.54, 1.807) is 6.07 Å². The van der Waals surface area contributed by atoms with Gasteiger partial charge in [-0.25, -0.2) is 13.8 Å². The number of aromatic nitrogens is 1. The second-order valence-electron chi connectivity index (χ2n) is 6.76. The van der Waals surface area contributed by atoms with Crippen molar-refractivity contribution >= 4 is 11.9 Å². The molecule has 1 unspecified atom stereocenters. The summed E-state index contributed by atoms with van der Waals surface area (Å²) in [7, 11) is 1.53. The number of nitrogens with zero attached hydrogens (tertiary/aromatic N) is 3. The molecule has 29 heavy (non-hydrogen) atoms. The van der Waals surface area contributed by atoms with Crippen LogP contribution in [0, 0.1) is 0 Å². The van der Waals surface area contributed by atoms with Crippen LogP contribution in [0.15, 0.2) is 77.9 Å². The number of alkyl halides is 2. The third-order valence-corrected chi connectivity index (χ3v) is 5.06. The lowest BCUT2D eigenvalue weighted by Gasteiger charge is -2.26. The summed E-state index contributed by atoms with van der Waals surface area (Å²) in [6, 6.07) is 19.8. The summed E-state index contributed by atoms with van der Waals surface area (Å²) in [5, 5.41) is 0. The second-order valence-corrected chi connectivity index (χ2v) is 6.76. The molecular formula is C22H18F2N4O. The van der Waals surface area contributed by atoms with E-state index in [1.165, 1.54) is 30.3 Å². The van der Waals surface area contributed by atoms with Gasteiger partial charge in [0.25, 0.3) is 12.3 Å². The number of rotatable bonds is 4. The number of hydrogen-bond acceptors (Lipinski definition) is 4. The van der Waals surface area contributed by atoms with Crippen molar-refractivity contribution in [2.75, 3.05) is 7.05 Å². The number of hydrogen-bond donors (Lipinski definition) is 1. The molecule has 0 radical (unpaired) electrons. The highest BCUT2D eigenvalue weighted by molar-refractivity contribution is 6.09. The summed E-state index contributed by atoms with van der Waals surface area (Å²) in [5.74, 6) is -0.315. The van der Waals surface area contributed by atoms with Gasteiger partial charge in [-0.1, -0.05) is 54.6 Å². The van der Waals surface area contributed by atoms with Crippen LogP contribution < -0.4 is 5.73 Å². The van der Waals surface area contributed by atoms with Gasteiger partial charge in [0.15, 0.2) is 11.5 Å². The number of carbonyl (C=O) groups is 1. The van der Waals surface area contributed by atoms with Crippen molar-refractivity contribution in [1.29, 1.82) is 0 Å². The number of halogens is 2. The quantitative estimate of drug-likeness (QED) is 0.736. The molecule has 2 aromatic carbocycles. The molecule has 1 amide bonds. The number of pyridine rings is 1. The zero-order valence-corrected chi connectivity index (χ0v) is 15.6. The lowest BCUT2D eigenvalue weighted by Crippen LogP contribution is -2.41. The van der Waals surface area contributed by atoms with E-state index in [0.29, 0.717) is 11.1 Å². The minimum absolute atomic E-state index is 0.0538. The average Bonchev–Trinajstić information content (AvgIpc) is 2.99. The predicted octanol–water partition coefficient (Wildman–Crippen LogP) is 3.72. The van der Waals surface area contributed by atoms with Crippen LogP contribution in [0.5, 0.6) is 0 Å². The molecular weight excluding hydrogens is 374 g/mol. The predicted molar refractivity (Wildman–Crippen MR) is 106 cm³/mol. The fourth-order valence-corrected chi connectivity index (χ4v) is 3.49. The van der Waals surface area contributed by atoms with E-state index in [1.807, 2.05) is 48.5 Å². The van der Waals surface area contributed by atoms with Crippen molar-refractivity contribution in [3.63, 3.8) is 0 Å². The first-order valence-electron chi connectivity index (χ1n) is 8.97. The molecule has 2 N–H and O–H groups in total. The lowest BCUT2D eigenvalue weighted by atomic mass is 9.82. The van der Waals surface area contributed by atoms with Crippen LogP contribution in [-0.4, -0.2) is 28.8 Å². The van der Waals surface area contributed by atoms with Gasteiger partial charge in [-0.05, 0) is 28.8 Å². The number of carbonyl (C=O) groups excluding carboxylic acids is 1. The maximum Gasteiger partial charge on any atom is 0.280 e. The number of likely N-dealkylation sites (N-methyl/N-ethyl adjacent to an activating group) is 1. The van der Waals surface area contributed by atoms with Gasteiger partial charge in [-0.15, -0.1) is 0 Å². The fraction of sp³-hybridized carbons (Fsp3) is 0.136. The van der Waals surface area contributed by atoms with Crippen molar-refractivity contribution in [3.8, 4) is 11.1 Å². The Labute approximate surface area is 166 Å². The van der Waals surface area contributed by atoms with E-state index >= 15 is 0 Å². The normalized spacial score (nSPS) is 19.0. The smallest absolute Gasteiger partial charge is 0.280 e. The molecule has 4 rings (SSSR count). The van der Waals surface area contributed by atoms with E-state index in [4.69, 9.17) is 5.73 Å². The molecule has 1 aliphatic rings. The Balaban J connectivity index is 1.90. The summed E-state index contributed by atoms with van der Waals surface area (Å²) in [6.07, 6.45) is -1.43. The molecule has 7 heteroatoms. The minimum Gasteiger partial charge on any atom is -0.369 e. The highest BCUT2D eigenvalue weighted by atomic mass is 19.3. The SMILES string of the molecule is CN1C(=O)C(c2ccc(C(F)F)nc2)(c2cccc(-c3ccccc3)c2)N=C1N. The Morgan fingerprint density at radius 1 is 0.966 bits per heavy atom. The molecule has 0 saturated carbocycles. The van der Waals surface area contributed by atoms with Crippen LogP contribution in [0.25, 0.3) is 11.1 Å². The summed E-state index contributed by atoms with van der Waals surface area (Å²) in [4.78, 5) is 22.8. The van der Waals surface area contributed by atoms with Gasteiger partial charge in [0.2, 0.25) is 0 Å². The average molecular weight is 392 g/mol. The molecule has 5 nitrogen and oxygen atoms in total. The van der Waals surface area contributed by atoms with E-state index < -0.39 is 12.0 Å². The number of benzene rings is 2. The molecule has 0 bridgehead atoms. The largest absolute Gasteiger partial charge is 0.369 e. The Morgan fingerprint density at radius 2 is 1.69 bits per heavy atom. The summed E-state index contributed by atoms with van der Waals surface area (Å²) >= 11 is 0. The van der Waals surface area contributed by atoms with E-state index in [2.05, 4.69) is 9.98 Å². The first-order valence-corrected chi connectivity index (χ1v) is 8.97. The first kappa shape index (κ1) is 18.7. The van der Waals surface area contributed by atoms with Crippen LogP contribution in [0.3, 0.4) is 0 Å². The van der Waals surface area contributed by atoms with Crippen LogP contribution in [-0.2, 0) is 10.3 Å². The zero-order valence-electron chi connectivity index (χ0n) is 15.6. The van der Waals surface area contributed by atoms with Crippen LogP contribution in [0.4, 0.5) is 8.78 Å². The standard InChI is InChI=1S/C22H18F2N4O/c1-28-20(29)22(27-21(28)25,17-10-11-18(19(23)24)26-13-17)16-9-5-8-15(12-16)14-6-3-2-4-7-14/h2-13,19H,1H3,(H2,25,27). The third kappa shape index (κ3) is 3.04. The molecule has 1 atom stereocenters. The molecule has 0 aliphatic carbocycles. The van der Waals surface area contributed by atoms with Gasteiger partial charge in [-0.3, -0.25) is 14.7 Å². The van der Waals surface area contributed by atoms with Crippen LogP contribution >= 0.6 is 0 Å². The van der Waals surface area contributed by atoms with Gasteiger partial charge in [0, 0.05) is 18.8 Å². The third-order valence-electron chi connectivity index (χ3n) is 5.06. The molecule has 0 fully saturated rings. The van der Waals surface area contributed by atoms with Crippen molar-refractivity contribution in [2.45, 2.75) is 12.0 Å². The molecule has 3 aromatic rings. The molecule has 2 heterocycles. The lowest BCUT2D eigenvalue weighted by molar-refractivity contribution is -0.129. The summed E-state index contributed by atoms with van der Waals surface area (Å²) in [6.45, 7) is 0. The van der Waals surface area contributed by atoms with E-state index in [0.717, 1.165) is 11.1 Å². The highest BCUT2D eigenvalue weighted by Gasteiger charge is 2.49. The Hall–Kier alpha value is -3.61. The maximum absolute atomic E-state index is 13.3. The van der Waals surface area contributed by atoms with E-state index in [-0.39, 0.29) is 17.6 Å². The monoisotopic (exact) mass is 392 g/mol. The van der Waals surface area contributed by atoms with E-state index in [9.17, 15) is 13.6 Å².